The van der Waals surface area contributed by atoms with Gasteiger partial charge in [0, 0.05) is 250 Å². The lowest BCUT2D eigenvalue weighted by Crippen LogP contribution is -2.42. The minimum atomic E-state index is -4.64. The Labute approximate surface area is 881 Å². The smallest absolute Gasteiger partial charge is 0.435 e. The van der Waals surface area contributed by atoms with Gasteiger partial charge in [-0.3, -0.25) is 39.1 Å². The van der Waals surface area contributed by atoms with Crippen LogP contribution in [0.2, 0.25) is 0 Å². The molecule has 38 heteroatoms. The molecular formula is C112H150F3N23O11S. The van der Waals surface area contributed by atoms with E-state index >= 15 is 0 Å². The summed E-state index contributed by atoms with van der Waals surface area (Å²) in [6.07, 6.45) is 37.8. The van der Waals surface area contributed by atoms with Crippen molar-refractivity contribution < 1.29 is 65.9 Å². The highest BCUT2D eigenvalue weighted by atomic mass is 32.1. The van der Waals surface area contributed by atoms with Crippen molar-refractivity contribution in [2.24, 2.45) is 73.9 Å². The summed E-state index contributed by atoms with van der Waals surface area (Å²) >= 11 is 0.800. The number of alkyl halides is 3. The number of fused-ring (bicyclic) bond motifs is 5. The Morgan fingerprint density at radius 3 is 1.34 bits per heavy atom. The van der Waals surface area contributed by atoms with E-state index in [0.29, 0.717) is 175 Å². The molecule has 7 N–H and O–H groups in total. The molecule has 0 radical (unpaired) electrons. The van der Waals surface area contributed by atoms with Gasteiger partial charge in [-0.15, -0.1) is 11.3 Å². The van der Waals surface area contributed by atoms with Gasteiger partial charge in [0.05, 0.1) is 11.4 Å². The van der Waals surface area contributed by atoms with Crippen LogP contribution in [0.1, 0.15) is 249 Å². The summed E-state index contributed by atoms with van der Waals surface area (Å²) < 4.78 is 47.1. The SMILES string of the molecule is CC(C)(C)CC(=O)N1CCC2(CC1)CC2CNC(=O)N1Cc2ccncc2C1.CC1(C)CC1C(=O)N1CCC2(CC1)CC2CNC(=O)N1Cc2ccncc2C1.CC1C=CC(CC(=O)N2CCC3(CC2)CC3CNC(=O)N2Cc3ccncc3C2)=CN1.CCN(CCC1CC1CNC(=O)NCc1ccc2nccn2c1)C(=O)OC(C)(C)C.Cc1nc(C(F)(F)F)c(C(=O)N2CCC3(CC2)CC3CNC(=O)N2Cc3ccncc3C2)s1. The van der Waals surface area contributed by atoms with Crippen molar-refractivity contribution in [1.82, 2.24) is 116 Å². The Balaban J connectivity index is 0.000000122. The number of piperidine rings is 4. The summed E-state index contributed by atoms with van der Waals surface area (Å²) in [6.45, 7) is 38.3. The van der Waals surface area contributed by atoms with Crippen molar-refractivity contribution in [3.05, 3.63) is 194 Å². The van der Waals surface area contributed by atoms with E-state index in [9.17, 15) is 61.1 Å². The molecule has 22 rings (SSSR count). The summed E-state index contributed by atoms with van der Waals surface area (Å²) in [5.41, 5.74) is 12.0. The number of hydrogen-bond acceptors (Lipinski definition) is 19. The van der Waals surface area contributed by atoms with E-state index in [-0.39, 0.29) is 80.1 Å². The van der Waals surface area contributed by atoms with Crippen LogP contribution in [0, 0.1) is 80.8 Å². The van der Waals surface area contributed by atoms with Gasteiger partial charge < -0.3 is 90.5 Å². The summed E-state index contributed by atoms with van der Waals surface area (Å²) in [4.78, 5) is 166. The number of halogens is 3. The minimum Gasteiger partial charge on any atom is -0.444 e. The summed E-state index contributed by atoms with van der Waals surface area (Å²) in [6, 6.07) is 12.0. The van der Waals surface area contributed by atoms with Crippen molar-refractivity contribution in [2.75, 3.05) is 98.2 Å². The molecule has 9 aliphatic heterocycles. The standard InChI is InChI=1S/C24H31N5O2.C22H24F3N5O2S.C22H33N5O3.C22H30N4O2.C22H32N4O2/c1-17-2-3-18(12-26-17)10-22(30)28-8-5-24(6-9-28)11-21(24)14-27-23(31)29-15-19-4-7-25-13-20(19)16-29;1-13-28-18(22(23,24)25)17(33-13)19(31)29-6-3-21(4-7-29)8-16(21)10-27-20(32)30-11-14-2-5-26-9-15(14)12-30;1-5-26(21(29)30-22(2,3)4)10-8-17-12-18(17)14-25-20(28)24-13-16-6-7-19-23-9-11-27(19)15-16;1-21(2)10-18(21)19(27)25-7-4-22(5-8-25)9-17(22)12-24-20(28)26-13-15-3-6-23-11-16(15)14-26;1-21(2,3)11-19(27)25-8-5-22(6-9-25)10-18(22)13-24-20(28)26-14-16-4-7-23-12-17(16)15-26/h2-4,7,12-13,17,21,26H,5-6,8-11,14-16H2,1H3,(H,27,31);2,5,9,16H,3-4,6-8,10-12H2,1H3,(H,27,32);6-7,9,11,15,17-18H,5,8,10,12-14H2,1-4H3,(H2,24,25,28);3,6,11,17-18H,4-5,7-10,12-14H2,1-2H3,(H,24,28);4,7,12,18H,5-6,8-11,13-15H2,1-3H3,(H,24,28). The molecule has 0 bridgehead atoms. The van der Waals surface area contributed by atoms with E-state index in [1.165, 1.54) is 41.4 Å². The number of amides is 15. The van der Waals surface area contributed by atoms with Crippen molar-refractivity contribution in [1.29, 1.82) is 0 Å². The first-order valence-corrected chi connectivity index (χ1v) is 54.9. The zero-order valence-electron chi connectivity index (χ0n) is 88.8. The van der Waals surface area contributed by atoms with Crippen molar-refractivity contribution in [3.8, 4) is 0 Å². The zero-order valence-corrected chi connectivity index (χ0v) is 89.7. The predicted octanol–water partition coefficient (Wildman–Crippen LogP) is 15.8. The number of rotatable bonds is 21. The van der Waals surface area contributed by atoms with Crippen molar-refractivity contribution in [3.63, 3.8) is 0 Å². The topological polar surface area (TPSA) is 375 Å². The third-order valence-corrected chi connectivity index (χ3v) is 35.3. The number of hydrogen-bond donors (Lipinski definition) is 7. The van der Waals surface area contributed by atoms with Gasteiger partial charge in [-0.05, 0) is 292 Å². The number of allylic oxidation sites excluding steroid dienone is 1. The molecule has 16 heterocycles. The number of pyridine rings is 5. The van der Waals surface area contributed by atoms with Gasteiger partial charge in [0.15, 0.2) is 5.69 Å². The second kappa shape index (κ2) is 44.4. The number of thiazole rings is 1. The normalized spacial score (nSPS) is 23.3. The van der Waals surface area contributed by atoms with Gasteiger partial charge >= 0.3 is 42.4 Å². The maximum absolute atomic E-state index is 13.2. The van der Waals surface area contributed by atoms with Gasteiger partial charge in [-0.1, -0.05) is 52.8 Å². The molecule has 15 amide bonds. The monoisotopic (exact) mass is 2080 g/mol. The Bertz CT molecular complexity index is 6070. The van der Waals surface area contributed by atoms with E-state index < -0.39 is 23.4 Å². The van der Waals surface area contributed by atoms with Crippen LogP contribution in [0.5, 0.6) is 0 Å². The maximum atomic E-state index is 13.2. The third kappa shape index (κ3) is 26.4. The fraction of sp³-hybridized carbons (Fsp3) is 0.607. The molecule has 4 saturated heterocycles. The fourth-order valence-corrected chi connectivity index (χ4v) is 24.8. The Morgan fingerprint density at radius 1 is 0.513 bits per heavy atom. The van der Waals surface area contributed by atoms with Crippen LogP contribution in [-0.4, -0.2) is 248 Å². The van der Waals surface area contributed by atoms with Gasteiger partial charge in [0.25, 0.3) is 5.91 Å². The lowest BCUT2D eigenvalue weighted by atomic mass is 9.88. The highest BCUT2D eigenvalue weighted by Crippen LogP contribution is 2.63. The number of aryl methyl sites for hydroxylation is 1. The minimum absolute atomic E-state index is 0.0163. The Kier molecular flexibility index (Phi) is 31.8. The first-order chi connectivity index (χ1) is 71.6. The average Bonchev–Trinajstić information content (AvgIpc) is 1.82. The number of nitrogens with zero attached hydrogens (tertiary/aromatic N) is 16. The van der Waals surface area contributed by atoms with E-state index in [0.717, 1.165) is 198 Å². The molecule has 7 aromatic heterocycles. The van der Waals surface area contributed by atoms with Gasteiger partial charge in [0.2, 0.25) is 17.7 Å². The molecule has 6 aliphatic carbocycles. The van der Waals surface area contributed by atoms with Crippen LogP contribution in [0.3, 0.4) is 0 Å². The third-order valence-electron chi connectivity index (χ3n) is 34.3. The van der Waals surface area contributed by atoms with Crippen LogP contribution in [0.25, 0.3) is 5.65 Å². The number of urea groups is 5. The average molecular weight is 2080 g/mol. The van der Waals surface area contributed by atoms with Crippen LogP contribution < -0.4 is 37.2 Å². The second-order valence-corrected chi connectivity index (χ2v) is 48.9. The number of carbonyl (C=O) groups excluding carboxylic acids is 10. The van der Waals surface area contributed by atoms with Crippen molar-refractivity contribution in [2.45, 2.75) is 262 Å². The summed E-state index contributed by atoms with van der Waals surface area (Å²) in [5.74, 6) is 3.56. The van der Waals surface area contributed by atoms with E-state index in [4.69, 9.17) is 4.74 Å². The number of aromatic nitrogens is 7. The molecule has 0 aromatic carbocycles. The second-order valence-electron chi connectivity index (χ2n) is 47.7. The molecular weight excluding hydrogens is 1930 g/mol. The first kappa shape index (κ1) is 107. The highest BCUT2D eigenvalue weighted by molar-refractivity contribution is 7.13. The summed E-state index contributed by atoms with van der Waals surface area (Å²) in [5, 5.41) is 21.8. The lowest BCUT2D eigenvalue weighted by Gasteiger charge is -2.34. The van der Waals surface area contributed by atoms with Crippen LogP contribution >= 0.6 is 11.3 Å². The molecule has 6 saturated carbocycles. The van der Waals surface area contributed by atoms with Crippen molar-refractivity contribution >= 4 is 76.9 Å². The van der Waals surface area contributed by atoms with Gasteiger partial charge in [-0.25, -0.2) is 38.7 Å². The molecule has 7 aromatic rings. The fourth-order valence-electron chi connectivity index (χ4n) is 23.9. The number of carbonyl (C=O) groups is 10. The van der Waals surface area contributed by atoms with Gasteiger partial charge in [0.1, 0.15) is 16.1 Å². The van der Waals surface area contributed by atoms with Crippen LogP contribution in [-0.2, 0) is 84.2 Å². The van der Waals surface area contributed by atoms with E-state index in [2.05, 4.69) is 126 Å². The number of nitrogens with one attached hydrogen (secondary N) is 7. The molecule has 4 spiro atoms. The number of imidazole rings is 1. The molecule has 10 fully saturated rings. The van der Waals surface area contributed by atoms with Crippen LogP contribution in [0.4, 0.5) is 41.9 Å². The zero-order chi connectivity index (χ0) is 106. The largest absolute Gasteiger partial charge is 0.444 e. The number of dihydropyridines is 1. The maximum Gasteiger partial charge on any atom is 0.435 e. The predicted molar refractivity (Wildman–Crippen MR) is 560 cm³/mol. The Morgan fingerprint density at radius 2 is 0.940 bits per heavy atom. The summed E-state index contributed by atoms with van der Waals surface area (Å²) in [7, 11) is 0. The molecule has 8 atom stereocenters. The quantitative estimate of drug-likeness (QED) is 0.0351. The molecule has 8 unspecified atom stereocenters. The highest BCUT2D eigenvalue weighted by Gasteiger charge is 2.60. The number of ether oxygens (including phenoxy) is 1. The number of likely N-dealkylation sites (tertiary alicyclic amines) is 4. The molecule has 150 heavy (non-hydrogen) atoms. The first-order valence-electron chi connectivity index (χ1n) is 54.1. The van der Waals surface area contributed by atoms with Crippen LogP contribution in [0.15, 0.2) is 128 Å². The van der Waals surface area contributed by atoms with E-state index in [1.807, 2.05) is 130 Å². The van der Waals surface area contributed by atoms with E-state index in [1.54, 1.807) is 47.0 Å². The molecule has 15 aliphatic rings. The lowest BCUT2D eigenvalue weighted by molar-refractivity contribution is -0.141. The molecule has 34 nitrogen and oxygen atoms in total. The van der Waals surface area contributed by atoms with Gasteiger partial charge in [-0.2, -0.15) is 13.2 Å². The molecule has 806 valence electrons. The Hall–Kier alpha value is -12.5.